The van der Waals surface area contributed by atoms with Crippen molar-refractivity contribution in [1.29, 1.82) is 0 Å². The molecule has 0 bridgehead atoms. The number of piperidine rings is 1. The van der Waals surface area contributed by atoms with Crippen molar-refractivity contribution in [1.82, 2.24) is 4.31 Å². The van der Waals surface area contributed by atoms with Crippen LogP contribution in [0.15, 0.2) is 0 Å². The zero-order valence-corrected chi connectivity index (χ0v) is 12.6. The molecule has 0 amide bonds. The van der Waals surface area contributed by atoms with Crippen LogP contribution >= 0.6 is 0 Å². The summed E-state index contributed by atoms with van der Waals surface area (Å²) < 4.78 is 49.5. The lowest BCUT2D eigenvalue weighted by atomic mass is 10.1. The molecule has 2 rings (SSSR count). The van der Waals surface area contributed by atoms with E-state index in [1.165, 1.54) is 4.31 Å². The highest BCUT2D eigenvalue weighted by Crippen LogP contribution is 2.27. The lowest BCUT2D eigenvalue weighted by Gasteiger charge is -2.37. The van der Waals surface area contributed by atoms with Crippen molar-refractivity contribution in [3.05, 3.63) is 0 Å². The number of rotatable bonds is 3. The minimum absolute atomic E-state index is 0.0158. The van der Waals surface area contributed by atoms with Crippen LogP contribution in [0.3, 0.4) is 0 Å². The maximum absolute atomic E-state index is 12.6. The fraction of sp³-hybridized carbons (Fsp3) is 1.00. The second kappa shape index (κ2) is 5.67. The highest BCUT2D eigenvalue weighted by atomic mass is 32.2. The molecule has 2 saturated heterocycles. The Kier molecular flexibility index (Phi) is 4.54. The van der Waals surface area contributed by atoms with Gasteiger partial charge in [-0.25, -0.2) is 16.8 Å². The molecule has 0 aromatic heterocycles. The number of sulfonamides is 1. The van der Waals surface area contributed by atoms with E-state index in [-0.39, 0.29) is 30.4 Å². The molecule has 19 heavy (non-hydrogen) atoms. The summed E-state index contributed by atoms with van der Waals surface area (Å²) in [5, 5.41) is -0.553. The van der Waals surface area contributed by atoms with Gasteiger partial charge in [0, 0.05) is 19.1 Å². The third kappa shape index (κ3) is 3.29. The molecule has 0 spiro atoms. The molecule has 112 valence electrons. The van der Waals surface area contributed by atoms with E-state index in [4.69, 9.17) is 5.73 Å². The van der Waals surface area contributed by atoms with Gasteiger partial charge >= 0.3 is 0 Å². The van der Waals surface area contributed by atoms with Gasteiger partial charge in [-0.15, -0.1) is 0 Å². The Morgan fingerprint density at radius 1 is 1.11 bits per heavy atom. The molecule has 2 fully saturated rings. The monoisotopic (exact) mass is 310 g/mol. The van der Waals surface area contributed by atoms with Gasteiger partial charge in [0.05, 0.1) is 16.8 Å². The maximum Gasteiger partial charge on any atom is 0.217 e. The van der Waals surface area contributed by atoms with Gasteiger partial charge in [0.15, 0.2) is 0 Å². The zero-order chi connectivity index (χ0) is 14.1. The Morgan fingerprint density at radius 3 is 2.32 bits per heavy atom. The molecule has 0 aromatic rings. The van der Waals surface area contributed by atoms with Crippen LogP contribution < -0.4 is 5.73 Å². The molecule has 1 atom stereocenters. The topological polar surface area (TPSA) is 97.5 Å². The van der Waals surface area contributed by atoms with Gasteiger partial charge in [-0.05, 0) is 25.7 Å². The van der Waals surface area contributed by atoms with E-state index < -0.39 is 25.1 Å². The Labute approximate surface area is 115 Å². The Morgan fingerprint density at radius 2 is 1.74 bits per heavy atom. The third-order valence-electron chi connectivity index (χ3n) is 4.09. The van der Waals surface area contributed by atoms with E-state index in [1.807, 2.05) is 0 Å². The second-order valence-electron chi connectivity index (χ2n) is 5.39. The van der Waals surface area contributed by atoms with Gasteiger partial charge < -0.3 is 5.73 Å². The molecule has 2 aliphatic rings. The Hall–Kier alpha value is -0.180. The average molecular weight is 310 g/mol. The largest absolute Gasteiger partial charge is 0.329 e. The van der Waals surface area contributed by atoms with Gasteiger partial charge in [0.1, 0.15) is 9.84 Å². The summed E-state index contributed by atoms with van der Waals surface area (Å²) >= 11 is 0. The minimum atomic E-state index is -3.41. The Balaban J connectivity index is 2.13. The number of nitrogens with two attached hydrogens (primary N) is 1. The normalized spacial score (nSPS) is 30.3. The van der Waals surface area contributed by atoms with Gasteiger partial charge in [-0.1, -0.05) is 6.42 Å². The number of hydrogen-bond donors (Lipinski definition) is 1. The van der Waals surface area contributed by atoms with Crippen molar-refractivity contribution in [3.63, 3.8) is 0 Å². The third-order valence-corrected chi connectivity index (χ3v) is 8.26. The summed E-state index contributed by atoms with van der Waals surface area (Å²) in [6.07, 6.45) is 3.12. The van der Waals surface area contributed by atoms with Gasteiger partial charge in [-0.3, -0.25) is 0 Å². The van der Waals surface area contributed by atoms with Gasteiger partial charge in [0.25, 0.3) is 0 Å². The molecule has 0 saturated carbocycles. The van der Waals surface area contributed by atoms with Crippen LogP contribution in [-0.2, 0) is 19.9 Å². The van der Waals surface area contributed by atoms with Crippen LogP contribution in [0.2, 0.25) is 0 Å². The van der Waals surface area contributed by atoms with E-state index in [0.29, 0.717) is 13.1 Å². The first-order valence-electron chi connectivity index (χ1n) is 6.78. The fourth-order valence-electron chi connectivity index (χ4n) is 2.90. The summed E-state index contributed by atoms with van der Waals surface area (Å²) in [4.78, 5) is 0. The van der Waals surface area contributed by atoms with Crippen LogP contribution in [0.4, 0.5) is 0 Å². The molecule has 0 radical (unpaired) electrons. The summed E-state index contributed by atoms with van der Waals surface area (Å²) in [6.45, 7) is 0.859. The first kappa shape index (κ1) is 15.2. The van der Waals surface area contributed by atoms with Crippen molar-refractivity contribution >= 4 is 19.9 Å². The van der Waals surface area contributed by atoms with Crippen LogP contribution in [0, 0.1) is 0 Å². The minimum Gasteiger partial charge on any atom is -0.329 e. The van der Waals surface area contributed by atoms with Gasteiger partial charge in [-0.2, -0.15) is 4.31 Å². The smallest absolute Gasteiger partial charge is 0.217 e. The van der Waals surface area contributed by atoms with E-state index >= 15 is 0 Å². The van der Waals surface area contributed by atoms with Gasteiger partial charge in [0.2, 0.25) is 10.0 Å². The number of hydrogen-bond acceptors (Lipinski definition) is 5. The molecule has 8 heteroatoms. The first-order chi connectivity index (χ1) is 8.87. The van der Waals surface area contributed by atoms with Crippen LogP contribution in [0.5, 0.6) is 0 Å². The molecule has 0 aromatic carbocycles. The van der Waals surface area contributed by atoms with E-state index in [0.717, 1.165) is 19.3 Å². The summed E-state index contributed by atoms with van der Waals surface area (Å²) in [5.74, 6) is -0.0317. The molecule has 2 N–H and O–H groups in total. The zero-order valence-electron chi connectivity index (χ0n) is 11.0. The standard InChI is InChI=1S/C11H22N2O4S2/c12-9-10-3-1-2-6-13(10)19(16,17)11-4-7-18(14,15)8-5-11/h10-11H,1-9,12H2. The molecular weight excluding hydrogens is 288 g/mol. The van der Waals surface area contributed by atoms with Crippen molar-refractivity contribution < 1.29 is 16.8 Å². The highest BCUT2D eigenvalue weighted by molar-refractivity contribution is 7.92. The van der Waals surface area contributed by atoms with Crippen molar-refractivity contribution in [2.45, 2.75) is 43.4 Å². The van der Waals surface area contributed by atoms with Crippen LogP contribution in [0.1, 0.15) is 32.1 Å². The van der Waals surface area contributed by atoms with Crippen molar-refractivity contribution in [2.75, 3.05) is 24.6 Å². The summed E-state index contributed by atoms with van der Waals surface area (Å²) in [7, 11) is -6.44. The van der Waals surface area contributed by atoms with E-state index in [9.17, 15) is 16.8 Å². The highest BCUT2D eigenvalue weighted by Gasteiger charge is 2.39. The number of nitrogens with zero attached hydrogens (tertiary/aromatic N) is 1. The predicted octanol–water partition coefficient (Wildman–Crippen LogP) is -0.293. The van der Waals surface area contributed by atoms with Crippen LogP contribution in [0.25, 0.3) is 0 Å². The summed E-state index contributed by atoms with van der Waals surface area (Å²) in [5.41, 5.74) is 5.66. The van der Waals surface area contributed by atoms with E-state index in [2.05, 4.69) is 0 Å². The average Bonchev–Trinajstić information content (AvgIpc) is 2.38. The summed E-state index contributed by atoms with van der Waals surface area (Å²) in [6, 6.07) is -0.114. The molecular formula is C11H22N2O4S2. The molecule has 1 unspecified atom stereocenters. The fourth-order valence-corrected chi connectivity index (χ4v) is 6.90. The lowest BCUT2D eigenvalue weighted by Crippen LogP contribution is -2.51. The molecule has 6 nitrogen and oxygen atoms in total. The van der Waals surface area contributed by atoms with Crippen molar-refractivity contribution in [3.8, 4) is 0 Å². The van der Waals surface area contributed by atoms with Crippen molar-refractivity contribution in [2.24, 2.45) is 5.73 Å². The predicted molar refractivity (Wildman–Crippen MR) is 74.0 cm³/mol. The Bertz CT molecular complexity index is 501. The SMILES string of the molecule is NCC1CCCCN1S(=O)(=O)C1CCS(=O)(=O)CC1. The lowest BCUT2D eigenvalue weighted by molar-refractivity contribution is 0.254. The number of sulfone groups is 1. The second-order valence-corrected chi connectivity index (χ2v) is 9.86. The maximum atomic E-state index is 12.6. The quantitative estimate of drug-likeness (QED) is 0.772. The van der Waals surface area contributed by atoms with Crippen LogP contribution in [-0.4, -0.2) is 57.0 Å². The van der Waals surface area contributed by atoms with E-state index in [1.54, 1.807) is 0 Å². The molecule has 2 heterocycles. The molecule has 2 aliphatic heterocycles. The first-order valence-corrected chi connectivity index (χ1v) is 10.1. The molecule has 0 aliphatic carbocycles.